The highest BCUT2D eigenvalue weighted by Crippen LogP contribution is 2.25. The van der Waals surface area contributed by atoms with Crippen molar-refractivity contribution in [1.29, 1.82) is 0 Å². The second kappa shape index (κ2) is 5.99. The minimum atomic E-state index is -0.0545. The first-order chi connectivity index (χ1) is 8.64. The van der Waals surface area contributed by atoms with Crippen LogP contribution in [0.15, 0.2) is 0 Å². The summed E-state index contributed by atoms with van der Waals surface area (Å²) in [7, 11) is 0. The van der Waals surface area contributed by atoms with Crippen LogP contribution in [0.5, 0.6) is 0 Å². The number of ether oxygens (including phenoxy) is 2. The van der Waals surface area contributed by atoms with Gasteiger partial charge in [-0.2, -0.15) is 0 Å². The Hall–Kier alpha value is -0.650. The Bertz CT molecular complexity index is 292. The summed E-state index contributed by atoms with van der Waals surface area (Å²) in [6.07, 6.45) is 1.07. The number of nitrogens with one attached hydrogen (secondary N) is 2. The van der Waals surface area contributed by atoms with E-state index in [0.29, 0.717) is 19.8 Å². The fourth-order valence-corrected chi connectivity index (χ4v) is 2.33. The minimum absolute atomic E-state index is 0.0545. The van der Waals surface area contributed by atoms with Gasteiger partial charge in [0.2, 0.25) is 5.91 Å². The summed E-state index contributed by atoms with van der Waals surface area (Å²) < 4.78 is 10.6. The van der Waals surface area contributed by atoms with Gasteiger partial charge in [-0.15, -0.1) is 0 Å². The Balaban J connectivity index is 1.76. The highest BCUT2D eigenvalue weighted by atomic mass is 16.5. The summed E-state index contributed by atoms with van der Waals surface area (Å²) in [6.45, 7) is 8.53. The normalized spacial score (nSPS) is 29.9. The van der Waals surface area contributed by atoms with Crippen LogP contribution < -0.4 is 10.6 Å². The van der Waals surface area contributed by atoms with Crippen molar-refractivity contribution in [3.63, 3.8) is 0 Å². The van der Waals surface area contributed by atoms with Crippen molar-refractivity contribution in [1.82, 2.24) is 10.6 Å². The molecule has 2 atom stereocenters. The maximum Gasteiger partial charge on any atom is 0.227 e. The van der Waals surface area contributed by atoms with Crippen LogP contribution in [0.1, 0.15) is 20.3 Å². The van der Waals surface area contributed by atoms with Gasteiger partial charge >= 0.3 is 0 Å². The van der Waals surface area contributed by atoms with Crippen molar-refractivity contribution >= 4 is 5.91 Å². The summed E-state index contributed by atoms with van der Waals surface area (Å²) in [5.74, 6) is 0.0513. The number of hydrogen-bond acceptors (Lipinski definition) is 4. The SMILES string of the molecule is CCCNC1COCC1C(=O)NCC1(C)COC1. The van der Waals surface area contributed by atoms with E-state index in [1.807, 2.05) is 0 Å². The van der Waals surface area contributed by atoms with E-state index in [-0.39, 0.29) is 23.3 Å². The molecular formula is C13H24N2O3. The van der Waals surface area contributed by atoms with Crippen molar-refractivity contribution < 1.29 is 14.3 Å². The molecule has 5 nitrogen and oxygen atoms in total. The van der Waals surface area contributed by atoms with Gasteiger partial charge in [0, 0.05) is 18.0 Å². The molecule has 2 aliphatic rings. The van der Waals surface area contributed by atoms with Crippen LogP contribution in [0.3, 0.4) is 0 Å². The van der Waals surface area contributed by atoms with Gasteiger partial charge in [-0.25, -0.2) is 0 Å². The Labute approximate surface area is 109 Å². The van der Waals surface area contributed by atoms with Crippen molar-refractivity contribution in [2.75, 3.05) is 39.5 Å². The van der Waals surface area contributed by atoms with E-state index >= 15 is 0 Å². The Morgan fingerprint density at radius 2 is 2.11 bits per heavy atom. The summed E-state index contributed by atoms with van der Waals surface area (Å²) in [5, 5.41) is 6.41. The van der Waals surface area contributed by atoms with E-state index in [1.54, 1.807) is 0 Å². The van der Waals surface area contributed by atoms with Crippen LogP contribution in [0.25, 0.3) is 0 Å². The quantitative estimate of drug-likeness (QED) is 0.710. The first-order valence-corrected chi connectivity index (χ1v) is 6.81. The van der Waals surface area contributed by atoms with Crippen LogP contribution in [0.4, 0.5) is 0 Å². The molecular weight excluding hydrogens is 232 g/mol. The van der Waals surface area contributed by atoms with Crippen molar-refractivity contribution in [2.45, 2.75) is 26.3 Å². The number of amides is 1. The number of rotatable bonds is 6. The molecule has 2 unspecified atom stereocenters. The Kier molecular flexibility index (Phi) is 4.59. The lowest BCUT2D eigenvalue weighted by Crippen LogP contribution is -2.51. The number of hydrogen-bond donors (Lipinski definition) is 2. The molecule has 0 aromatic heterocycles. The fourth-order valence-electron chi connectivity index (χ4n) is 2.33. The van der Waals surface area contributed by atoms with E-state index in [4.69, 9.17) is 9.47 Å². The third-order valence-electron chi connectivity index (χ3n) is 3.66. The van der Waals surface area contributed by atoms with Crippen LogP contribution in [-0.4, -0.2) is 51.5 Å². The van der Waals surface area contributed by atoms with Crippen molar-refractivity contribution in [3.8, 4) is 0 Å². The third kappa shape index (κ3) is 3.22. The van der Waals surface area contributed by atoms with Crippen LogP contribution in [0, 0.1) is 11.3 Å². The molecule has 0 aromatic carbocycles. The summed E-state index contributed by atoms with van der Waals surface area (Å²) in [4.78, 5) is 12.1. The summed E-state index contributed by atoms with van der Waals surface area (Å²) in [5.41, 5.74) is 0.126. The average molecular weight is 256 g/mol. The maximum atomic E-state index is 12.1. The molecule has 0 aromatic rings. The highest BCUT2D eigenvalue weighted by molar-refractivity contribution is 5.79. The lowest BCUT2D eigenvalue weighted by atomic mass is 9.88. The second-order valence-corrected chi connectivity index (χ2v) is 5.73. The smallest absolute Gasteiger partial charge is 0.227 e. The predicted molar refractivity (Wildman–Crippen MR) is 68.3 cm³/mol. The van der Waals surface area contributed by atoms with Crippen LogP contribution in [0.2, 0.25) is 0 Å². The third-order valence-corrected chi connectivity index (χ3v) is 3.66. The van der Waals surface area contributed by atoms with Gasteiger partial charge in [0.15, 0.2) is 0 Å². The van der Waals surface area contributed by atoms with E-state index in [2.05, 4.69) is 24.5 Å². The molecule has 0 saturated carbocycles. The van der Waals surface area contributed by atoms with Crippen molar-refractivity contribution in [3.05, 3.63) is 0 Å². The second-order valence-electron chi connectivity index (χ2n) is 5.73. The molecule has 0 spiro atoms. The van der Waals surface area contributed by atoms with Gasteiger partial charge in [-0.1, -0.05) is 13.8 Å². The number of carbonyl (C=O) groups is 1. The molecule has 1 amide bonds. The Morgan fingerprint density at radius 3 is 2.72 bits per heavy atom. The van der Waals surface area contributed by atoms with E-state index in [0.717, 1.165) is 26.2 Å². The molecule has 0 radical (unpaired) electrons. The van der Waals surface area contributed by atoms with Gasteiger partial charge in [0.05, 0.1) is 32.3 Å². The van der Waals surface area contributed by atoms with Gasteiger partial charge in [0.1, 0.15) is 0 Å². The first kappa shape index (κ1) is 13.8. The molecule has 2 saturated heterocycles. The van der Waals surface area contributed by atoms with Crippen molar-refractivity contribution in [2.24, 2.45) is 11.3 Å². The first-order valence-electron chi connectivity index (χ1n) is 6.81. The molecule has 2 N–H and O–H groups in total. The summed E-state index contributed by atoms with van der Waals surface area (Å²) >= 11 is 0. The molecule has 5 heteroatoms. The fraction of sp³-hybridized carbons (Fsp3) is 0.923. The van der Waals surface area contributed by atoms with Gasteiger partial charge < -0.3 is 20.1 Å². The molecule has 0 bridgehead atoms. The average Bonchev–Trinajstić information content (AvgIpc) is 2.79. The van der Waals surface area contributed by atoms with E-state index in [1.165, 1.54) is 0 Å². The van der Waals surface area contributed by atoms with E-state index < -0.39 is 0 Å². The maximum absolute atomic E-state index is 12.1. The molecule has 2 fully saturated rings. The summed E-state index contributed by atoms with van der Waals surface area (Å²) in [6, 6.07) is 0.162. The van der Waals surface area contributed by atoms with Gasteiger partial charge in [-0.05, 0) is 13.0 Å². The molecule has 2 aliphatic heterocycles. The Morgan fingerprint density at radius 1 is 1.33 bits per heavy atom. The molecule has 0 aliphatic carbocycles. The predicted octanol–water partition coefficient (Wildman–Crippen LogP) is 0.154. The zero-order chi connectivity index (χ0) is 13.0. The molecule has 2 heterocycles. The van der Waals surface area contributed by atoms with E-state index in [9.17, 15) is 4.79 Å². The zero-order valence-electron chi connectivity index (χ0n) is 11.3. The number of carbonyl (C=O) groups excluding carboxylic acids is 1. The molecule has 18 heavy (non-hydrogen) atoms. The molecule has 104 valence electrons. The van der Waals surface area contributed by atoms with Crippen LogP contribution >= 0.6 is 0 Å². The standard InChI is InChI=1S/C13H24N2O3/c1-3-4-14-11-6-17-5-10(11)12(16)15-7-13(2)8-18-9-13/h10-11,14H,3-9H2,1-2H3,(H,15,16). The monoisotopic (exact) mass is 256 g/mol. The lowest BCUT2D eigenvalue weighted by Gasteiger charge is -2.38. The van der Waals surface area contributed by atoms with Crippen LogP contribution in [-0.2, 0) is 14.3 Å². The lowest BCUT2D eigenvalue weighted by molar-refractivity contribution is -0.130. The topological polar surface area (TPSA) is 59.6 Å². The van der Waals surface area contributed by atoms with Gasteiger partial charge in [-0.3, -0.25) is 4.79 Å². The minimum Gasteiger partial charge on any atom is -0.380 e. The zero-order valence-corrected chi connectivity index (χ0v) is 11.3. The molecule has 2 rings (SSSR count). The van der Waals surface area contributed by atoms with Gasteiger partial charge in [0.25, 0.3) is 0 Å². The highest BCUT2D eigenvalue weighted by Gasteiger charge is 2.37. The largest absolute Gasteiger partial charge is 0.380 e.